The number of unbranched alkanes of at least 4 members (excludes halogenated alkanes) is 20. The van der Waals surface area contributed by atoms with E-state index < -0.39 is 15.9 Å². The van der Waals surface area contributed by atoms with Gasteiger partial charge in [0, 0.05) is 38.6 Å². The van der Waals surface area contributed by atoms with Gasteiger partial charge in [-0.2, -0.15) is 0 Å². The number of hydrogen-bond donors (Lipinski definition) is 1. The van der Waals surface area contributed by atoms with Crippen molar-refractivity contribution in [2.45, 2.75) is 154 Å². The SMILES string of the molecule is CCCCCCCCCCCCOCCCCCCCCCCCCCCOCC(O)COc1ccc(N2CCS(=O)(=O)CC2)cc1. The molecule has 1 unspecified atom stereocenters. The predicted molar refractivity (Wildman–Crippen MR) is 198 cm³/mol. The number of benzene rings is 1. The number of hydrogen-bond acceptors (Lipinski definition) is 7. The predicted octanol–water partition coefficient (Wildman–Crippen LogP) is 9.30. The van der Waals surface area contributed by atoms with Crippen LogP contribution >= 0.6 is 0 Å². The highest BCUT2D eigenvalue weighted by Crippen LogP contribution is 2.21. The quantitative estimate of drug-likeness (QED) is 0.0759. The van der Waals surface area contributed by atoms with E-state index >= 15 is 0 Å². The van der Waals surface area contributed by atoms with Crippen molar-refractivity contribution < 1.29 is 27.7 Å². The average Bonchev–Trinajstić information content (AvgIpc) is 3.07. The minimum absolute atomic E-state index is 0.190. The molecule has 1 N–H and O–H groups in total. The summed E-state index contributed by atoms with van der Waals surface area (Å²) in [6.07, 6.45) is 28.7. The molecule has 0 aliphatic carbocycles. The molecule has 1 heterocycles. The smallest absolute Gasteiger partial charge is 0.153 e. The van der Waals surface area contributed by atoms with Gasteiger partial charge in [0.1, 0.15) is 18.5 Å². The van der Waals surface area contributed by atoms with Gasteiger partial charge in [0.2, 0.25) is 0 Å². The van der Waals surface area contributed by atoms with Crippen molar-refractivity contribution >= 4 is 15.5 Å². The van der Waals surface area contributed by atoms with Gasteiger partial charge in [-0.3, -0.25) is 0 Å². The summed E-state index contributed by atoms with van der Waals surface area (Å²) in [7, 11) is -2.89. The lowest BCUT2D eigenvalue weighted by Gasteiger charge is -2.28. The number of aliphatic hydroxyl groups is 1. The normalized spacial score (nSPS) is 15.2. The summed E-state index contributed by atoms with van der Waals surface area (Å²) in [6, 6.07) is 7.61. The Bertz CT molecular complexity index is 927. The second-order valence-electron chi connectivity index (χ2n) is 13.7. The van der Waals surface area contributed by atoms with E-state index in [4.69, 9.17) is 14.2 Å². The second-order valence-corrected chi connectivity index (χ2v) is 16.0. The first-order chi connectivity index (χ1) is 23.0. The molecule has 0 aromatic heterocycles. The molecule has 8 heteroatoms. The lowest BCUT2D eigenvalue weighted by molar-refractivity contribution is 0.0110. The summed E-state index contributed by atoms with van der Waals surface area (Å²) < 4.78 is 40.5. The number of rotatable bonds is 32. The van der Waals surface area contributed by atoms with Gasteiger partial charge < -0.3 is 24.2 Å². The Balaban J connectivity index is 1.25. The molecule has 1 aromatic rings. The molecule has 1 aliphatic rings. The number of aliphatic hydroxyl groups excluding tert-OH is 1. The Kier molecular flexibility index (Phi) is 25.3. The van der Waals surface area contributed by atoms with E-state index in [-0.39, 0.29) is 24.7 Å². The fourth-order valence-corrected chi connectivity index (χ4v) is 7.35. The molecule has 0 radical (unpaired) electrons. The number of anilines is 1. The first kappa shape index (κ1) is 41.8. The topological polar surface area (TPSA) is 85.3 Å². The minimum atomic E-state index is -2.89. The first-order valence-electron chi connectivity index (χ1n) is 19.5. The molecular weight excluding hydrogens is 610 g/mol. The van der Waals surface area contributed by atoms with Crippen LogP contribution in [0, 0.1) is 0 Å². The standard InChI is InChI=1S/C39H71NO6S/c1-2-3-4-5-6-7-12-15-18-21-30-44-31-22-19-16-13-10-8-9-11-14-17-20-23-32-45-35-38(41)36-46-39-26-24-37(25-27-39)40-28-33-47(42,43)34-29-40/h24-27,38,41H,2-23,28-36H2,1H3. The lowest BCUT2D eigenvalue weighted by Crippen LogP contribution is -2.40. The third-order valence-corrected chi connectivity index (χ3v) is 10.9. The Hall–Kier alpha value is -1.35. The number of ether oxygens (including phenoxy) is 3. The van der Waals surface area contributed by atoms with Crippen molar-refractivity contribution in [1.29, 1.82) is 0 Å². The van der Waals surface area contributed by atoms with E-state index in [0.29, 0.717) is 25.4 Å². The fraction of sp³-hybridized carbons (Fsp3) is 0.846. The zero-order chi connectivity index (χ0) is 33.7. The van der Waals surface area contributed by atoms with Crippen LogP contribution in [0.15, 0.2) is 24.3 Å². The van der Waals surface area contributed by atoms with Gasteiger partial charge in [-0.1, -0.05) is 129 Å². The van der Waals surface area contributed by atoms with Crippen molar-refractivity contribution in [2.75, 3.05) is 62.5 Å². The molecule has 0 spiro atoms. The van der Waals surface area contributed by atoms with E-state index in [1.807, 2.05) is 24.3 Å². The maximum Gasteiger partial charge on any atom is 0.153 e. The monoisotopic (exact) mass is 682 g/mol. The van der Waals surface area contributed by atoms with Gasteiger partial charge in [0.15, 0.2) is 9.84 Å². The summed E-state index contributed by atoms with van der Waals surface area (Å²) in [5.74, 6) is 1.09. The van der Waals surface area contributed by atoms with Crippen LogP contribution in [0.1, 0.15) is 148 Å². The van der Waals surface area contributed by atoms with Crippen LogP contribution in [-0.4, -0.2) is 77.3 Å². The molecule has 0 amide bonds. The zero-order valence-electron chi connectivity index (χ0n) is 30.2. The van der Waals surface area contributed by atoms with Crippen molar-refractivity contribution in [3.05, 3.63) is 24.3 Å². The van der Waals surface area contributed by atoms with E-state index in [2.05, 4.69) is 11.8 Å². The lowest BCUT2D eigenvalue weighted by atomic mass is 10.1. The minimum Gasteiger partial charge on any atom is -0.491 e. The third-order valence-electron chi connectivity index (χ3n) is 9.27. The summed E-state index contributed by atoms with van der Waals surface area (Å²) in [5.41, 5.74) is 0.994. The summed E-state index contributed by atoms with van der Waals surface area (Å²) in [5, 5.41) is 10.2. The van der Waals surface area contributed by atoms with Crippen molar-refractivity contribution in [3.63, 3.8) is 0 Å². The molecule has 7 nitrogen and oxygen atoms in total. The van der Waals surface area contributed by atoms with Gasteiger partial charge in [0.25, 0.3) is 0 Å². The Morgan fingerprint density at radius 3 is 1.45 bits per heavy atom. The molecule has 1 atom stereocenters. The maximum atomic E-state index is 11.6. The van der Waals surface area contributed by atoms with Crippen LogP contribution in [0.3, 0.4) is 0 Å². The van der Waals surface area contributed by atoms with Crippen LogP contribution in [-0.2, 0) is 19.3 Å². The average molecular weight is 682 g/mol. The second kappa shape index (κ2) is 28.5. The maximum absolute atomic E-state index is 11.6. The molecule has 1 aliphatic heterocycles. The Morgan fingerprint density at radius 2 is 1.00 bits per heavy atom. The molecule has 2 rings (SSSR count). The van der Waals surface area contributed by atoms with Gasteiger partial charge in [-0.25, -0.2) is 8.42 Å². The van der Waals surface area contributed by atoms with E-state index in [0.717, 1.165) is 25.3 Å². The molecule has 1 saturated heterocycles. The molecule has 274 valence electrons. The molecule has 0 bridgehead atoms. The van der Waals surface area contributed by atoms with Crippen molar-refractivity contribution in [1.82, 2.24) is 0 Å². The zero-order valence-corrected chi connectivity index (χ0v) is 31.0. The van der Waals surface area contributed by atoms with E-state index in [1.54, 1.807) is 0 Å². The Labute approximate surface area is 289 Å². The van der Waals surface area contributed by atoms with E-state index in [9.17, 15) is 13.5 Å². The van der Waals surface area contributed by atoms with Gasteiger partial charge in [-0.15, -0.1) is 0 Å². The van der Waals surface area contributed by atoms with Crippen molar-refractivity contribution in [3.8, 4) is 5.75 Å². The first-order valence-corrected chi connectivity index (χ1v) is 21.3. The third kappa shape index (κ3) is 23.6. The molecule has 47 heavy (non-hydrogen) atoms. The van der Waals surface area contributed by atoms with Crippen LogP contribution in [0.4, 0.5) is 5.69 Å². The molecular formula is C39H71NO6S. The van der Waals surface area contributed by atoms with Crippen LogP contribution in [0.5, 0.6) is 5.75 Å². The van der Waals surface area contributed by atoms with Crippen LogP contribution < -0.4 is 9.64 Å². The van der Waals surface area contributed by atoms with Gasteiger partial charge in [0.05, 0.1) is 18.1 Å². The number of nitrogens with zero attached hydrogens (tertiary/aromatic N) is 1. The highest BCUT2D eigenvalue weighted by molar-refractivity contribution is 7.91. The fourth-order valence-electron chi connectivity index (χ4n) is 6.15. The molecule has 0 saturated carbocycles. The molecule has 1 aromatic carbocycles. The molecule has 1 fully saturated rings. The summed E-state index contributed by atoms with van der Waals surface area (Å²) >= 11 is 0. The summed E-state index contributed by atoms with van der Waals surface area (Å²) in [6.45, 7) is 6.39. The largest absolute Gasteiger partial charge is 0.491 e. The highest BCUT2D eigenvalue weighted by atomic mass is 32.2. The van der Waals surface area contributed by atoms with Gasteiger partial charge in [-0.05, 0) is 43.5 Å². The van der Waals surface area contributed by atoms with Crippen molar-refractivity contribution in [2.24, 2.45) is 0 Å². The van der Waals surface area contributed by atoms with Crippen LogP contribution in [0.25, 0.3) is 0 Å². The summed E-state index contributed by atoms with van der Waals surface area (Å²) in [4.78, 5) is 2.08. The number of sulfone groups is 1. The van der Waals surface area contributed by atoms with E-state index in [1.165, 1.54) is 135 Å². The Morgan fingerprint density at radius 1 is 0.596 bits per heavy atom. The van der Waals surface area contributed by atoms with Gasteiger partial charge >= 0.3 is 0 Å². The van der Waals surface area contributed by atoms with Crippen LogP contribution in [0.2, 0.25) is 0 Å². The highest BCUT2D eigenvalue weighted by Gasteiger charge is 2.21.